The summed E-state index contributed by atoms with van der Waals surface area (Å²) in [5.41, 5.74) is 1.38. The maximum absolute atomic E-state index is 9.80. The molecule has 3 heteroatoms. The first-order valence-corrected chi connectivity index (χ1v) is 7.88. The van der Waals surface area contributed by atoms with Crippen molar-refractivity contribution >= 4 is 0 Å². The Morgan fingerprint density at radius 3 is 2.80 bits per heavy atom. The highest BCUT2D eigenvalue weighted by Gasteiger charge is 2.28. The normalized spacial score (nSPS) is 24.9. The van der Waals surface area contributed by atoms with Crippen LogP contribution in [-0.4, -0.2) is 41.3 Å². The van der Waals surface area contributed by atoms with Gasteiger partial charge >= 0.3 is 0 Å². The van der Waals surface area contributed by atoms with Crippen molar-refractivity contribution in [3.63, 3.8) is 0 Å². The number of aliphatic hydroxyl groups is 1. The number of aliphatic hydroxyl groups excluding tert-OH is 1. The summed E-state index contributed by atoms with van der Waals surface area (Å²) in [6, 6.07) is 11.8. The molecule has 1 aromatic rings. The van der Waals surface area contributed by atoms with Gasteiger partial charge < -0.3 is 10.4 Å². The maximum atomic E-state index is 9.80. The summed E-state index contributed by atoms with van der Waals surface area (Å²) in [4.78, 5) is 2.53. The number of hydrogen-bond acceptors (Lipinski definition) is 3. The van der Waals surface area contributed by atoms with Crippen LogP contribution in [0.5, 0.6) is 0 Å². The molecule has 1 aliphatic rings. The molecule has 3 unspecified atom stereocenters. The zero-order valence-corrected chi connectivity index (χ0v) is 12.8. The molecule has 0 aromatic heterocycles. The van der Waals surface area contributed by atoms with Crippen molar-refractivity contribution in [3.05, 3.63) is 35.9 Å². The van der Waals surface area contributed by atoms with Crippen LogP contribution in [0.3, 0.4) is 0 Å². The monoisotopic (exact) mass is 276 g/mol. The molecule has 0 saturated carbocycles. The Hall–Kier alpha value is -0.900. The first-order chi connectivity index (χ1) is 9.69. The summed E-state index contributed by atoms with van der Waals surface area (Å²) in [6.07, 6.45) is 2.91. The number of nitrogens with zero attached hydrogens (tertiary/aromatic N) is 1. The van der Waals surface area contributed by atoms with Crippen molar-refractivity contribution in [3.8, 4) is 0 Å². The quantitative estimate of drug-likeness (QED) is 0.803. The first-order valence-electron chi connectivity index (χ1n) is 7.88. The number of nitrogens with one attached hydrogen (secondary N) is 1. The molecule has 2 rings (SSSR count). The molecule has 1 aromatic carbocycles. The fourth-order valence-corrected chi connectivity index (χ4v) is 3.02. The molecule has 112 valence electrons. The average molecular weight is 276 g/mol. The molecule has 1 aliphatic heterocycles. The molecule has 0 aliphatic carbocycles. The minimum Gasteiger partial charge on any atom is -0.392 e. The lowest BCUT2D eigenvalue weighted by Gasteiger charge is -2.21. The van der Waals surface area contributed by atoms with Gasteiger partial charge in [0.25, 0.3) is 0 Å². The third kappa shape index (κ3) is 4.58. The highest BCUT2D eigenvalue weighted by molar-refractivity contribution is 5.15. The minimum atomic E-state index is -0.196. The van der Waals surface area contributed by atoms with Gasteiger partial charge in [-0.3, -0.25) is 4.90 Å². The third-order valence-electron chi connectivity index (χ3n) is 4.20. The molecule has 2 N–H and O–H groups in total. The molecular formula is C17H28N2O. The van der Waals surface area contributed by atoms with Crippen LogP contribution in [0.4, 0.5) is 0 Å². The van der Waals surface area contributed by atoms with Crippen molar-refractivity contribution in [2.24, 2.45) is 0 Å². The van der Waals surface area contributed by atoms with E-state index in [1.807, 2.05) is 0 Å². The van der Waals surface area contributed by atoms with E-state index in [2.05, 4.69) is 54.4 Å². The smallest absolute Gasteiger partial charge is 0.0664 e. The summed E-state index contributed by atoms with van der Waals surface area (Å²) >= 11 is 0. The number of benzene rings is 1. The van der Waals surface area contributed by atoms with Gasteiger partial charge in [-0.05, 0) is 25.3 Å². The maximum Gasteiger partial charge on any atom is 0.0664 e. The summed E-state index contributed by atoms with van der Waals surface area (Å²) in [5.74, 6) is 0. The Balaban J connectivity index is 1.77. The van der Waals surface area contributed by atoms with Crippen LogP contribution in [0.2, 0.25) is 0 Å². The second-order valence-electron chi connectivity index (χ2n) is 6.05. The molecule has 3 nitrogen and oxygen atoms in total. The van der Waals surface area contributed by atoms with Crippen molar-refractivity contribution in [1.29, 1.82) is 0 Å². The van der Waals surface area contributed by atoms with Crippen LogP contribution < -0.4 is 5.32 Å². The fraction of sp³-hybridized carbons (Fsp3) is 0.647. The zero-order chi connectivity index (χ0) is 14.4. The van der Waals surface area contributed by atoms with Gasteiger partial charge in [0.1, 0.15) is 0 Å². The number of likely N-dealkylation sites (tertiary alicyclic amines) is 1. The molecule has 3 atom stereocenters. The van der Waals surface area contributed by atoms with Gasteiger partial charge in [0.05, 0.1) is 6.10 Å². The molecule has 1 heterocycles. The van der Waals surface area contributed by atoms with E-state index >= 15 is 0 Å². The van der Waals surface area contributed by atoms with Gasteiger partial charge in [-0.1, -0.05) is 43.7 Å². The lowest BCUT2D eigenvalue weighted by Crippen LogP contribution is -2.37. The van der Waals surface area contributed by atoms with E-state index in [0.29, 0.717) is 12.1 Å². The number of hydrogen-bond donors (Lipinski definition) is 2. The highest BCUT2D eigenvalue weighted by atomic mass is 16.3. The third-order valence-corrected chi connectivity index (χ3v) is 4.20. The molecule has 0 bridgehead atoms. The van der Waals surface area contributed by atoms with E-state index in [1.54, 1.807) is 0 Å². The van der Waals surface area contributed by atoms with Crippen LogP contribution in [0.1, 0.15) is 38.7 Å². The summed E-state index contributed by atoms with van der Waals surface area (Å²) in [5, 5.41) is 13.3. The standard InChI is InChI=1S/C17H28N2O/c1-3-7-17(20)11-18-16-10-14(2)19(13-16)12-15-8-5-4-6-9-15/h4-6,8-9,14,16-18,20H,3,7,10-13H2,1-2H3. The summed E-state index contributed by atoms with van der Waals surface area (Å²) in [7, 11) is 0. The van der Waals surface area contributed by atoms with Gasteiger partial charge in [0, 0.05) is 31.7 Å². The molecule has 0 amide bonds. The summed E-state index contributed by atoms with van der Waals surface area (Å²) < 4.78 is 0. The number of rotatable bonds is 7. The van der Waals surface area contributed by atoms with Gasteiger partial charge in [0.15, 0.2) is 0 Å². The van der Waals surface area contributed by atoms with E-state index in [-0.39, 0.29) is 6.10 Å². The molecule has 1 saturated heterocycles. The second-order valence-corrected chi connectivity index (χ2v) is 6.05. The highest BCUT2D eigenvalue weighted by Crippen LogP contribution is 2.20. The Morgan fingerprint density at radius 2 is 2.10 bits per heavy atom. The van der Waals surface area contributed by atoms with Crippen LogP contribution in [-0.2, 0) is 6.54 Å². The topological polar surface area (TPSA) is 35.5 Å². The second kappa shape index (κ2) is 7.77. The van der Waals surface area contributed by atoms with Crippen molar-refractivity contribution in [1.82, 2.24) is 10.2 Å². The Labute approximate surface area is 123 Å². The molecular weight excluding hydrogens is 248 g/mol. The van der Waals surface area contributed by atoms with E-state index in [4.69, 9.17) is 0 Å². The fourth-order valence-electron chi connectivity index (χ4n) is 3.02. The predicted molar refractivity (Wildman–Crippen MR) is 83.6 cm³/mol. The first kappa shape index (κ1) is 15.5. The molecule has 1 fully saturated rings. The van der Waals surface area contributed by atoms with E-state index in [0.717, 1.165) is 32.5 Å². The summed E-state index contributed by atoms with van der Waals surface area (Å²) in [6.45, 7) is 7.24. The van der Waals surface area contributed by atoms with E-state index < -0.39 is 0 Å². The lowest BCUT2D eigenvalue weighted by molar-refractivity contribution is 0.156. The Kier molecular flexibility index (Phi) is 6.02. The average Bonchev–Trinajstić information content (AvgIpc) is 2.79. The Bertz CT molecular complexity index is 382. The van der Waals surface area contributed by atoms with E-state index in [9.17, 15) is 5.11 Å². The Morgan fingerprint density at radius 1 is 1.35 bits per heavy atom. The predicted octanol–water partition coefficient (Wildman–Crippen LogP) is 2.40. The molecule has 0 radical (unpaired) electrons. The van der Waals surface area contributed by atoms with Crippen molar-refractivity contribution in [2.45, 2.75) is 57.8 Å². The van der Waals surface area contributed by atoms with Crippen LogP contribution in [0, 0.1) is 0 Å². The molecule has 20 heavy (non-hydrogen) atoms. The van der Waals surface area contributed by atoms with Crippen LogP contribution in [0.25, 0.3) is 0 Å². The largest absolute Gasteiger partial charge is 0.392 e. The van der Waals surface area contributed by atoms with Gasteiger partial charge in [-0.25, -0.2) is 0 Å². The van der Waals surface area contributed by atoms with Gasteiger partial charge in [-0.15, -0.1) is 0 Å². The van der Waals surface area contributed by atoms with Crippen LogP contribution in [0.15, 0.2) is 30.3 Å². The lowest BCUT2D eigenvalue weighted by atomic mass is 10.1. The van der Waals surface area contributed by atoms with Crippen LogP contribution >= 0.6 is 0 Å². The van der Waals surface area contributed by atoms with Crippen molar-refractivity contribution in [2.75, 3.05) is 13.1 Å². The molecule has 0 spiro atoms. The van der Waals surface area contributed by atoms with Gasteiger partial charge in [-0.2, -0.15) is 0 Å². The van der Waals surface area contributed by atoms with Crippen molar-refractivity contribution < 1.29 is 5.11 Å². The van der Waals surface area contributed by atoms with E-state index in [1.165, 1.54) is 12.0 Å². The minimum absolute atomic E-state index is 0.196. The zero-order valence-electron chi connectivity index (χ0n) is 12.8. The SMILES string of the molecule is CCCC(O)CNC1CC(C)N(Cc2ccccc2)C1. The van der Waals surface area contributed by atoms with Gasteiger partial charge in [0.2, 0.25) is 0 Å².